The second-order valence-electron chi connectivity index (χ2n) is 4.01. The lowest BCUT2D eigenvalue weighted by atomic mass is 10.2. The van der Waals surface area contributed by atoms with Gasteiger partial charge in [0, 0.05) is 15.3 Å². The molecule has 1 N–H and O–H groups in total. The Morgan fingerprint density at radius 3 is 2.84 bits per heavy atom. The summed E-state index contributed by atoms with van der Waals surface area (Å²) in [5.74, 6) is 1.03. The molecule has 0 atom stereocenters. The minimum absolute atomic E-state index is 0.198. The number of rotatable bonds is 3. The maximum Gasteiger partial charge on any atom is 0.256 e. The average molecular weight is 368 g/mol. The summed E-state index contributed by atoms with van der Waals surface area (Å²) in [4.78, 5) is 16.3. The number of carbonyl (C=O) groups is 1. The molecule has 0 spiro atoms. The Kier molecular flexibility index (Phi) is 4.36. The smallest absolute Gasteiger partial charge is 0.256 e. The number of benzene rings is 1. The van der Waals surface area contributed by atoms with Crippen molar-refractivity contribution >= 4 is 34.3 Å². The molecule has 0 aliphatic carbocycles. The Labute approximate surface area is 125 Å². The lowest BCUT2D eigenvalue weighted by Crippen LogP contribution is -2.14. The van der Waals surface area contributed by atoms with E-state index in [-0.39, 0.29) is 5.91 Å². The van der Waals surface area contributed by atoms with Crippen molar-refractivity contribution < 1.29 is 9.53 Å². The molecule has 0 saturated carbocycles. The monoisotopic (exact) mass is 368 g/mol. The summed E-state index contributed by atoms with van der Waals surface area (Å²) in [6.07, 6.45) is 1.72. The molecule has 5 heteroatoms. The normalized spacial score (nSPS) is 10.1. The predicted molar refractivity (Wildman–Crippen MR) is 82.6 cm³/mol. The number of anilines is 1. The number of nitrogens with one attached hydrogen (secondary N) is 1. The molecule has 1 amide bonds. The number of ether oxygens (including phenoxy) is 1. The van der Waals surface area contributed by atoms with Crippen molar-refractivity contribution in [3.63, 3.8) is 0 Å². The maximum absolute atomic E-state index is 12.1. The van der Waals surface area contributed by atoms with Gasteiger partial charge in [-0.05, 0) is 59.3 Å². The van der Waals surface area contributed by atoms with Crippen molar-refractivity contribution in [3.05, 3.63) is 51.2 Å². The number of nitrogens with zero attached hydrogens (tertiary/aromatic N) is 1. The molecular formula is C14H13IN2O2. The molecule has 98 valence electrons. The molecule has 0 radical (unpaired) electrons. The number of hydrogen-bond donors (Lipinski definition) is 1. The third-order valence-electron chi connectivity index (χ3n) is 2.61. The van der Waals surface area contributed by atoms with Gasteiger partial charge >= 0.3 is 0 Å². The van der Waals surface area contributed by atoms with Crippen LogP contribution in [-0.2, 0) is 0 Å². The summed E-state index contributed by atoms with van der Waals surface area (Å²) >= 11 is 2.18. The van der Waals surface area contributed by atoms with E-state index in [0.717, 1.165) is 9.13 Å². The highest BCUT2D eigenvalue weighted by Gasteiger charge is 2.09. The van der Waals surface area contributed by atoms with E-state index in [0.29, 0.717) is 17.1 Å². The molecular weight excluding hydrogens is 355 g/mol. The van der Waals surface area contributed by atoms with Gasteiger partial charge in [-0.3, -0.25) is 4.79 Å². The van der Waals surface area contributed by atoms with Gasteiger partial charge in [0.05, 0.1) is 7.11 Å². The topological polar surface area (TPSA) is 51.2 Å². The molecule has 2 aromatic rings. The van der Waals surface area contributed by atoms with E-state index < -0.39 is 0 Å². The maximum atomic E-state index is 12.1. The van der Waals surface area contributed by atoms with Crippen LogP contribution in [0.25, 0.3) is 0 Å². The highest BCUT2D eigenvalue weighted by molar-refractivity contribution is 14.1. The van der Waals surface area contributed by atoms with E-state index in [1.165, 1.54) is 0 Å². The van der Waals surface area contributed by atoms with Crippen molar-refractivity contribution in [3.8, 4) is 5.75 Å². The molecule has 4 nitrogen and oxygen atoms in total. The van der Waals surface area contributed by atoms with Crippen molar-refractivity contribution in [1.82, 2.24) is 4.98 Å². The number of amides is 1. The van der Waals surface area contributed by atoms with Crippen LogP contribution in [0.1, 0.15) is 15.9 Å². The van der Waals surface area contributed by atoms with Gasteiger partial charge in [0.2, 0.25) is 0 Å². The molecule has 0 saturated heterocycles. The van der Waals surface area contributed by atoms with Gasteiger partial charge in [0.15, 0.2) is 0 Å². The fraction of sp³-hybridized carbons (Fsp3) is 0.143. The standard InChI is InChI=1S/C14H13IN2O2/c1-9-6-11(15)8-16-13(9)17-14(18)10-4-3-5-12(7-10)19-2/h3-8H,1-2H3,(H,16,17,18). The SMILES string of the molecule is COc1cccc(C(=O)Nc2ncc(I)cc2C)c1. The zero-order chi connectivity index (χ0) is 13.8. The van der Waals surface area contributed by atoms with Crippen molar-refractivity contribution in [2.45, 2.75) is 6.92 Å². The van der Waals surface area contributed by atoms with E-state index in [1.54, 1.807) is 37.6 Å². The molecule has 1 aromatic heterocycles. The molecule has 2 rings (SSSR count). The van der Waals surface area contributed by atoms with Crippen LogP contribution in [0.5, 0.6) is 5.75 Å². The number of carbonyl (C=O) groups excluding carboxylic acids is 1. The molecule has 0 unspecified atom stereocenters. The Hall–Kier alpha value is -1.63. The first kappa shape index (κ1) is 13.8. The Bertz CT molecular complexity index is 614. The fourth-order valence-electron chi connectivity index (χ4n) is 1.62. The van der Waals surface area contributed by atoms with E-state index in [2.05, 4.69) is 32.9 Å². The number of hydrogen-bond acceptors (Lipinski definition) is 3. The largest absolute Gasteiger partial charge is 0.497 e. The Morgan fingerprint density at radius 2 is 2.16 bits per heavy atom. The Morgan fingerprint density at radius 1 is 1.37 bits per heavy atom. The van der Waals surface area contributed by atoms with E-state index >= 15 is 0 Å². The molecule has 0 fully saturated rings. The van der Waals surface area contributed by atoms with Crippen LogP contribution in [0.4, 0.5) is 5.82 Å². The van der Waals surface area contributed by atoms with Gasteiger partial charge < -0.3 is 10.1 Å². The summed E-state index contributed by atoms with van der Waals surface area (Å²) in [6.45, 7) is 1.91. The van der Waals surface area contributed by atoms with Gasteiger partial charge in [-0.15, -0.1) is 0 Å². The fourth-order valence-corrected chi connectivity index (χ4v) is 2.22. The third kappa shape index (κ3) is 3.44. The summed E-state index contributed by atoms with van der Waals surface area (Å²) in [7, 11) is 1.57. The number of aromatic nitrogens is 1. The summed E-state index contributed by atoms with van der Waals surface area (Å²) in [5.41, 5.74) is 1.47. The van der Waals surface area contributed by atoms with Crippen molar-refractivity contribution in [2.24, 2.45) is 0 Å². The molecule has 0 bridgehead atoms. The second kappa shape index (κ2) is 6.01. The minimum Gasteiger partial charge on any atom is -0.497 e. The lowest BCUT2D eigenvalue weighted by molar-refractivity contribution is 0.102. The van der Waals surface area contributed by atoms with Crippen molar-refractivity contribution in [1.29, 1.82) is 0 Å². The quantitative estimate of drug-likeness (QED) is 0.847. The first-order valence-corrected chi connectivity index (χ1v) is 6.75. The molecule has 19 heavy (non-hydrogen) atoms. The highest BCUT2D eigenvalue weighted by atomic mass is 127. The number of halogens is 1. The first-order chi connectivity index (χ1) is 9.10. The van der Waals surface area contributed by atoms with Crippen LogP contribution in [-0.4, -0.2) is 18.0 Å². The number of pyridine rings is 1. The highest BCUT2D eigenvalue weighted by Crippen LogP contribution is 2.17. The van der Waals surface area contributed by atoms with Gasteiger partial charge in [0.1, 0.15) is 11.6 Å². The second-order valence-corrected chi connectivity index (χ2v) is 5.25. The van der Waals surface area contributed by atoms with E-state index in [4.69, 9.17) is 4.74 Å². The van der Waals surface area contributed by atoms with Crippen LogP contribution in [0, 0.1) is 10.5 Å². The number of methoxy groups -OCH3 is 1. The van der Waals surface area contributed by atoms with Crippen molar-refractivity contribution in [2.75, 3.05) is 12.4 Å². The van der Waals surface area contributed by atoms with Gasteiger partial charge in [0.25, 0.3) is 5.91 Å². The summed E-state index contributed by atoms with van der Waals surface area (Å²) in [5, 5.41) is 2.80. The van der Waals surface area contributed by atoms with Crippen LogP contribution < -0.4 is 10.1 Å². The minimum atomic E-state index is -0.198. The molecule has 0 aliphatic rings. The Balaban J connectivity index is 2.20. The van der Waals surface area contributed by atoms with Crippen LogP contribution >= 0.6 is 22.6 Å². The third-order valence-corrected chi connectivity index (χ3v) is 3.20. The zero-order valence-corrected chi connectivity index (χ0v) is 12.8. The summed E-state index contributed by atoms with van der Waals surface area (Å²) < 4.78 is 6.13. The predicted octanol–water partition coefficient (Wildman–Crippen LogP) is 3.26. The van der Waals surface area contributed by atoms with Crippen LogP contribution in [0.2, 0.25) is 0 Å². The average Bonchev–Trinajstić information content (AvgIpc) is 2.42. The number of aryl methyl sites for hydroxylation is 1. The lowest BCUT2D eigenvalue weighted by Gasteiger charge is -2.08. The van der Waals surface area contributed by atoms with E-state index in [1.807, 2.05) is 13.0 Å². The van der Waals surface area contributed by atoms with Crippen LogP contribution in [0.3, 0.4) is 0 Å². The van der Waals surface area contributed by atoms with Gasteiger partial charge in [-0.1, -0.05) is 6.07 Å². The molecule has 1 heterocycles. The zero-order valence-electron chi connectivity index (χ0n) is 10.6. The van der Waals surface area contributed by atoms with E-state index in [9.17, 15) is 4.79 Å². The molecule has 1 aromatic carbocycles. The van der Waals surface area contributed by atoms with Gasteiger partial charge in [-0.25, -0.2) is 4.98 Å². The van der Waals surface area contributed by atoms with Gasteiger partial charge in [-0.2, -0.15) is 0 Å². The summed E-state index contributed by atoms with van der Waals surface area (Å²) in [6, 6.07) is 8.97. The first-order valence-electron chi connectivity index (χ1n) is 5.67. The van der Waals surface area contributed by atoms with Crippen LogP contribution in [0.15, 0.2) is 36.5 Å². The molecule has 0 aliphatic heterocycles.